The third-order valence-corrected chi connectivity index (χ3v) is 2.64. The zero-order valence-corrected chi connectivity index (χ0v) is 9.87. The van der Waals surface area contributed by atoms with Crippen molar-refractivity contribution in [3.63, 3.8) is 0 Å². The Labute approximate surface area is 101 Å². The smallest absolute Gasteiger partial charge is 0.131 e. The second-order valence-electron chi connectivity index (χ2n) is 3.99. The van der Waals surface area contributed by atoms with Gasteiger partial charge in [-0.3, -0.25) is 4.98 Å². The molecule has 88 valence electrons. The summed E-state index contributed by atoms with van der Waals surface area (Å²) in [4.78, 5) is 13.1. The van der Waals surface area contributed by atoms with Crippen molar-refractivity contribution >= 4 is 0 Å². The minimum atomic E-state index is 0.281. The summed E-state index contributed by atoms with van der Waals surface area (Å²) in [6.07, 6.45) is 4.44. The molecule has 2 aromatic heterocycles. The van der Waals surface area contributed by atoms with Crippen LogP contribution in [0.1, 0.15) is 25.1 Å². The molecule has 0 aliphatic rings. The van der Waals surface area contributed by atoms with Gasteiger partial charge < -0.3 is 5.73 Å². The molecule has 0 fully saturated rings. The molecule has 0 spiro atoms. The van der Waals surface area contributed by atoms with Crippen molar-refractivity contribution in [3.05, 3.63) is 42.5 Å². The fraction of sp³-hybridized carbons (Fsp3) is 0.308. The molecule has 2 aromatic rings. The lowest BCUT2D eigenvalue weighted by atomic mass is 10.1. The number of nitrogens with zero attached hydrogens (tertiary/aromatic N) is 3. The van der Waals surface area contributed by atoms with E-state index in [-0.39, 0.29) is 5.92 Å². The maximum Gasteiger partial charge on any atom is 0.131 e. The lowest BCUT2D eigenvalue weighted by Crippen LogP contribution is -2.08. The molecule has 2 N–H and O–H groups in total. The maximum atomic E-state index is 5.55. The predicted molar refractivity (Wildman–Crippen MR) is 67.3 cm³/mol. The van der Waals surface area contributed by atoms with Gasteiger partial charge in [0, 0.05) is 18.3 Å². The van der Waals surface area contributed by atoms with Crippen molar-refractivity contribution < 1.29 is 0 Å². The molecular formula is C13H16N4. The summed E-state index contributed by atoms with van der Waals surface area (Å²) in [6.45, 7) is 2.74. The molecule has 1 atom stereocenters. The van der Waals surface area contributed by atoms with Crippen molar-refractivity contribution in [2.75, 3.05) is 6.54 Å². The summed E-state index contributed by atoms with van der Waals surface area (Å²) in [5, 5.41) is 0. The number of hydrogen-bond donors (Lipinski definition) is 1. The van der Waals surface area contributed by atoms with E-state index in [9.17, 15) is 0 Å². The van der Waals surface area contributed by atoms with Crippen molar-refractivity contribution in [3.8, 4) is 11.4 Å². The average Bonchev–Trinajstić information content (AvgIpc) is 2.40. The molecule has 2 heterocycles. The number of rotatable bonds is 4. The van der Waals surface area contributed by atoms with Gasteiger partial charge in [-0.15, -0.1) is 0 Å². The first kappa shape index (κ1) is 11.7. The molecule has 1 unspecified atom stereocenters. The molecule has 0 aliphatic heterocycles. The summed E-state index contributed by atoms with van der Waals surface area (Å²) in [5.41, 5.74) is 7.28. The van der Waals surface area contributed by atoms with Gasteiger partial charge in [-0.05, 0) is 31.2 Å². The molecule has 0 radical (unpaired) electrons. The van der Waals surface area contributed by atoms with Crippen LogP contribution in [0.2, 0.25) is 0 Å². The van der Waals surface area contributed by atoms with E-state index in [1.165, 1.54) is 0 Å². The van der Waals surface area contributed by atoms with Gasteiger partial charge in [-0.25, -0.2) is 9.97 Å². The maximum absolute atomic E-state index is 5.55. The van der Waals surface area contributed by atoms with Crippen molar-refractivity contribution in [2.45, 2.75) is 19.3 Å². The van der Waals surface area contributed by atoms with E-state index < -0.39 is 0 Å². The average molecular weight is 228 g/mol. The van der Waals surface area contributed by atoms with Gasteiger partial charge in [0.15, 0.2) is 0 Å². The fourth-order valence-corrected chi connectivity index (χ4v) is 1.65. The van der Waals surface area contributed by atoms with Crippen LogP contribution in [0, 0.1) is 0 Å². The highest BCUT2D eigenvalue weighted by Crippen LogP contribution is 2.18. The van der Waals surface area contributed by atoms with E-state index in [4.69, 9.17) is 5.73 Å². The highest BCUT2D eigenvalue weighted by Gasteiger charge is 2.09. The predicted octanol–water partition coefficient (Wildman–Crippen LogP) is 1.99. The largest absolute Gasteiger partial charge is 0.330 e. The standard InChI is InChI=1S/C13H16N4/c1-10(5-7-14)13-16-9-6-12(17-13)11-4-2-3-8-15-11/h2-4,6,8-10H,5,7,14H2,1H3. The Morgan fingerprint density at radius 3 is 2.71 bits per heavy atom. The third kappa shape index (κ3) is 2.85. The first-order chi connectivity index (χ1) is 8.31. The molecule has 4 nitrogen and oxygen atoms in total. The van der Waals surface area contributed by atoms with Gasteiger partial charge in [-0.2, -0.15) is 0 Å². The first-order valence-corrected chi connectivity index (χ1v) is 5.75. The van der Waals surface area contributed by atoms with Crippen LogP contribution >= 0.6 is 0 Å². The van der Waals surface area contributed by atoms with Gasteiger partial charge in [0.25, 0.3) is 0 Å². The van der Waals surface area contributed by atoms with Crippen LogP contribution in [0.25, 0.3) is 11.4 Å². The normalized spacial score (nSPS) is 12.4. The summed E-state index contributed by atoms with van der Waals surface area (Å²) >= 11 is 0. The number of aromatic nitrogens is 3. The van der Waals surface area contributed by atoms with Crippen molar-refractivity contribution in [2.24, 2.45) is 5.73 Å². The summed E-state index contributed by atoms with van der Waals surface area (Å²) in [5.74, 6) is 1.11. The Bertz CT molecular complexity index is 470. The van der Waals surface area contributed by atoms with Crippen molar-refractivity contribution in [1.82, 2.24) is 15.0 Å². The molecule has 4 heteroatoms. The number of pyridine rings is 1. The van der Waals surface area contributed by atoms with E-state index >= 15 is 0 Å². The highest BCUT2D eigenvalue weighted by atomic mass is 14.9. The molecule has 2 rings (SSSR count). The van der Waals surface area contributed by atoms with Crippen LogP contribution < -0.4 is 5.73 Å². The van der Waals surface area contributed by atoms with Gasteiger partial charge in [0.2, 0.25) is 0 Å². The second kappa shape index (κ2) is 5.50. The van der Waals surface area contributed by atoms with E-state index in [0.29, 0.717) is 6.54 Å². The molecule has 0 saturated carbocycles. The molecule has 0 amide bonds. The summed E-state index contributed by atoms with van der Waals surface area (Å²) < 4.78 is 0. The third-order valence-electron chi connectivity index (χ3n) is 2.64. The van der Waals surface area contributed by atoms with Crippen LogP contribution in [0.15, 0.2) is 36.7 Å². The second-order valence-corrected chi connectivity index (χ2v) is 3.99. The lowest BCUT2D eigenvalue weighted by Gasteiger charge is -2.09. The van der Waals surface area contributed by atoms with E-state index in [2.05, 4.69) is 21.9 Å². The van der Waals surface area contributed by atoms with Gasteiger partial charge in [-0.1, -0.05) is 13.0 Å². The van der Waals surface area contributed by atoms with Crippen LogP contribution in [0.4, 0.5) is 0 Å². The zero-order valence-electron chi connectivity index (χ0n) is 9.87. The number of nitrogens with two attached hydrogens (primary N) is 1. The van der Waals surface area contributed by atoms with Crippen LogP contribution in [0.5, 0.6) is 0 Å². The van der Waals surface area contributed by atoms with Crippen LogP contribution in [0.3, 0.4) is 0 Å². The topological polar surface area (TPSA) is 64.7 Å². The van der Waals surface area contributed by atoms with Crippen LogP contribution in [-0.4, -0.2) is 21.5 Å². The zero-order chi connectivity index (χ0) is 12.1. The van der Waals surface area contributed by atoms with Crippen LogP contribution in [-0.2, 0) is 0 Å². The Balaban J connectivity index is 2.29. The Morgan fingerprint density at radius 1 is 1.12 bits per heavy atom. The quantitative estimate of drug-likeness (QED) is 0.869. The van der Waals surface area contributed by atoms with Gasteiger partial charge >= 0.3 is 0 Å². The Kier molecular flexibility index (Phi) is 3.77. The molecule has 17 heavy (non-hydrogen) atoms. The monoisotopic (exact) mass is 228 g/mol. The highest BCUT2D eigenvalue weighted by molar-refractivity contribution is 5.52. The number of hydrogen-bond acceptors (Lipinski definition) is 4. The summed E-state index contributed by atoms with van der Waals surface area (Å²) in [7, 11) is 0. The fourth-order valence-electron chi connectivity index (χ4n) is 1.65. The van der Waals surface area contributed by atoms with Crippen molar-refractivity contribution in [1.29, 1.82) is 0 Å². The SMILES string of the molecule is CC(CCN)c1nccc(-c2ccccn2)n1. The van der Waals surface area contributed by atoms with Gasteiger partial charge in [0.1, 0.15) is 5.82 Å². The Hall–Kier alpha value is -1.81. The molecular weight excluding hydrogens is 212 g/mol. The first-order valence-electron chi connectivity index (χ1n) is 5.75. The van der Waals surface area contributed by atoms with E-state index in [1.807, 2.05) is 24.3 Å². The Morgan fingerprint density at radius 2 is 2.00 bits per heavy atom. The van der Waals surface area contributed by atoms with E-state index in [0.717, 1.165) is 23.6 Å². The summed E-state index contributed by atoms with van der Waals surface area (Å²) in [6, 6.07) is 7.66. The minimum Gasteiger partial charge on any atom is -0.330 e. The minimum absolute atomic E-state index is 0.281. The lowest BCUT2D eigenvalue weighted by molar-refractivity contribution is 0.647. The molecule has 0 aromatic carbocycles. The van der Waals surface area contributed by atoms with Gasteiger partial charge in [0.05, 0.1) is 11.4 Å². The molecule has 0 aliphatic carbocycles. The molecule has 0 bridgehead atoms. The molecule has 0 saturated heterocycles. The van der Waals surface area contributed by atoms with E-state index in [1.54, 1.807) is 12.4 Å².